The first kappa shape index (κ1) is 12.1. The Kier molecular flexibility index (Phi) is 3.10. The van der Waals surface area contributed by atoms with Crippen LogP contribution in [0.4, 0.5) is 18.9 Å². The van der Waals surface area contributed by atoms with E-state index in [1.807, 2.05) is 0 Å². The number of hydrogen-bond donors (Lipinski definition) is 1. The summed E-state index contributed by atoms with van der Waals surface area (Å²) in [7, 11) is 0.540. The zero-order valence-corrected chi connectivity index (χ0v) is 8.49. The van der Waals surface area contributed by atoms with Crippen molar-refractivity contribution in [2.75, 3.05) is 5.73 Å². The second kappa shape index (κ2) is 3.86. The quantitative estimate of drug-likeness (QED) is 0.648. The molecular formula is C6H4ClF3N2O2S. The molecule has 9 heteroatoms. The SMILES string of the molecule is Nc1cc(S(=O)(=O)Cl)nc(F)c1C(F)F. The van der Waals surface area contributed by atoms with Gasteiger partial charge in [0.1, 0.15) is 0 Å². The molecule has 4 nitrogen and oxygen atoms in total. The van der Waals surface area contributed by atoms with Crippen LogP contribution in [0.15, 0.2) is 11.1 Å². The maximum Gasteiger partial charge on any atom is 0.278 e. The van der Waals surface area contributed by atoms with Gasteiger partial charge in [-0.15, -0.1) is 0 Å². The van der Waals surface area contributed by atoms with Gasteiger partial charge in [-0.1, -0.05) is 0 Å². The normalized spacial score (nSPS) is 12.1. The highest BCUT2D eigenvalue weighted by atomic mass is 35.7. The van der Waals surface area contributed by atoms with Gasteiger partial charge in [-0.25, -0.2) is 22.2 Å². The number of halogens is 4. The fourth-order valence-corrected chi connectivity index (χ4v) is 1.55. The molecule has 0 spiro atoms. The number of pyridine rings is 1. The summed E-state index contributed by atoms with van der Waals surface area (Å²) in [5.41, 5.74) is 3.19. The number of nitrogens with zero attached hydrogens (tertiary/aromatic N) is 1. The first-order valence-corrected chi connectivity index (χ1v) is 5.73. The summed E-state index contributed by atoms with van der Waals surface area (Å²) >= 11 is 0. The lowest BCUT2D eigenvalue weighted by Crippen LogP contribution is -2.06. The number of alkyl halides is 2. The van der Waals surface area contributed by atoms with Crippen LogP contribution in [0, 0.1) is 5.95 Å². The molecule has 0 aliphatic rings. The van der Waals surface area contributed by atoms with E-state index in [4.69, 9.17) is 16.4 Å². The first-order chi connectivity index (χ1) is 6.73. The molecule has 0 atom stereocenters. The number of anilines is 1. The Labute approximate surface area is 87.3 Å². The summed E-state index contributed by atoms with van der Waals surface area (Å²) < 4.78 is 58.7. The predicted molar refractivity (Wildman–Crippen MR) is 46.6 cm³/mol. The fourth-order valence-electron chi connectivity index (χ4n) is 0.860. The lowest BCUT2D eigenvalue weighted by atomic mass is 10.2. The summed E-state index contributed by atoms with van der Waals surface area (Å²) in [5, 5.41) is -0.899. The number of rotatable bonds is 2. The molecule has 15 heavy (non-hydrogen) atoms. The molecule has 1 aromatic heterocycles. The van der Waals surface area contributed by atoms with Crippen molar-refractivity contribution in [3.8, 4) is 0 Å². The van der Waals surface area contributed by atoms with E-state index in [1.54, 1.807) is 0 Å². The maximum atomic E-state index is 12.9. The van der Waals surface area contributed by atoms with Crippen molar-refractivity contribution in [2.24, 2.45) is 0 Å². The van der Waals surface area contributed by atoms with E-state index in [-0.39, 0.29) is 0 Å². The Balaban J connectivity index is 3.45. The molecule has 0 saturated carbocycles. The van der Waals surface area contributed by atoms with Crippen LogP contribution in [-0.4, -0.2) is 13.4 Å². The monoisotopic (exact) mass is 260 g/mol. The van der Waals surface area contributed by atoms with Crippen LogP contribution in [0.5, 0.6) is 0 Å². The lowest BCUT2D eigenvalue weighted by molar-refractivity contribution is 0.146. The summed E-state index contributed by atoms with van der Waals surface area (Å²) in [4.78, 5) is 2.78. The highest BCUT2D eigenvalue weighted by molar-refractivity contribution is 8.13. The third kappa shape index (κ3) is 2.51. The maximum absolute atomic E-state index is 12.9. The Hall–Kier alpha value is -1.02. The highest BCUT2D eigenvalue weighted by Gasteiger charge is 2.23. The Morgan fingerprint density at radius 2 is 2.00 bits per heavy atom. The number of nitrogens with two attached hydrogens (primary N) is 1. The van der Waals surface area contributed by atoms with Gasteiger partial charge in [-0.2, -0.15) is 4.39 Å². The van der Waals surface area contributed by atoms with Gasteiger partial charge in [0, 0.05) is 22.4 Å². The van der Waals surface area contributed by atoms with Crippen LogP contribution in [0.25, 0.3) is 0 Å². The summed E-state index contributed by atoms with van der Waals surface area (Å²) in [5.74, 6) is -1.65. The van der Waals surface area contributed by atoms with Crippen molar-refractivity contribution in [1.82, 2.24) is 4.98 Å². The van der Waals surface area contributed by atoms with E-state index in [0.29, 0.717) is 6.07 Å². The summed E-state index contributed by atoms with van der Waals surface area (Å²) in [6.07, 6.45) is -3.18. The third-order valence-corrected chi connectivity index (χ3v) is 2.67. The molecule has 0 aliphatic carbocycles. The van der Waals surface area contributed by atoms with E-state index in [9.17, 15) is 21.6 Å². The standard InChI is InChI=1S/C6H4ClF3N2O2S/c7-15(13,14)3-1-2(11)4(5(8)9)6(10)12-3/h1,5H,(H2,11,12). The van der Waals surface area contributed by atoms with E-state index in [1.165, 1.54) is 0 Å². The van der Waals surface area contributed by atoms with E-state index < -0.39 is 37.7 Å². The molecule has 0 amide bonds. The second-order valence-corrected chi connectivity index (χ2v) is 5.01. The Morgan fingerprint density at radius 3 is 2.33 bits per heavy atom. The molecule has 0 radical (unpaired) electrons. The average Bonchev–Trinajstić information content (AvgIpc) is 1.99. The van der Waals surface area contributed by atoms with Crippen molar-refractivity contribution in [3.63, 3.8) is 0 Å². The zero-order valence-electron chi connectivity index (χ0n) is 6.92. The average molecular weight is 261 g/mol. The van der Waals surface area contributed by atoms with Crippen molar-refractivity contribution < 1.29 is 21.6 Å². The molecule has 2 N–H and O–H groups in total. The first-order valence-electron chi connectivity index (χ1n) is 3.42. The van der Waals surface area contributed by atoms with Crippen LogP contribution in [0.3, 0.4) is 0 Å². The summed E-state index contributed by atoms with van der Waals surface area (Å²) in [6.45, 7) is 0. The highest BCUT2D eigenvalue weighted by Crippen LogP contribution is 2.29. The molecule has 0 bridgehead atoms. The molecule has 1 rings (SSSR count). The van der Waals surface area contributed by atoms with Crippen molar-refractivity contribution in [2.45, 2.75) is 11.5 Å². The lowest BCUT2D eigenvalue weighted by Gasteiger charge is -2.06. The van der Waals surface area contributed by atoms with Gasteiger partial charge in [0.15, 0.2) is 5.03 Å². The van der Waals surface area contributed by atoms with E-state index in [2.05, 4.69) is 4.98 Å². The van der Waals surface area contributed by atoms with Gasteiger partial charge >= 0.3 is 0 Å². The molecule has 0 aliphatic heterocycles. The molecule has 1 heterocycles. The van der Waals surface area contributed by atoms with E-state index >= 15 is 0 Å². The minimum atomic E-state index is -4.29. The molecule has 0 saturated heterocycles. The third-order valence-electron chi connectivity index (χ3n) is 1.49. The van der Waals surface area contributed by atoms with Crippen LogP contribution >= 0.6 is 10.7 Å². The second-order valence-electron chi connectivity index (χ2n) is 2.49. The van der Waals surface area contributed by atoms with Gasteiger partial charge in [0.05, 0.1) is 5.56 Å². The van der Waals surface area contributed by atoms with Crippen molar-refractivity contribution in [3.05, 3.63) is 17.6 Å². The smallest absolute Gasteiger partial charge is 0.278 e. The number of nitrogen functional groups attached to an aromatic ring is 1. The van der Waals surface area contributed by atoms with Crippen LogP contribution < -0.4 is 5.73 Å². The van der Waals surface area contributed by atoms with Crippen LogP contribution in [-0.2, 0) is 9.05 Å². The number of aromatic nitrogens is 1. The molecule has 0 aromatic carbocycles. The predicted octanol–water partition coefficient (Wildman–Crippen LogP) is 1.67. The minimum Gasteiger partial charge on any atom is -0.398 e. The molecular weight excluding hydrogens is 257 g/mol. The van der Waals surface area contributed by atoms with Gasteiger partial charge in [-0.05, 0) is 0 Å². The molecule has 84 valence electrons. The Morgan fingerprint density at radius 1 is 1.47 bits per heavy atom. The fraction of sp³-hybridized carbons (Fsp3) is 0.167. The largest absolute Gasteiger partial charge is 0.398 e. The van der Waals surface area contributed by atoms with Gasteiger partial charge < -0.3 is 5.73 Å². The zero-order chi connectivity index (χ0) is 11.8. The Bertz CT molecular complexity index is 468. The number of hydrogen-bond acceptors (Lipinski definition) is 4. The van der Waals surface area contributed by atoms with Crippen molar-refractivity contribution >= 4 is 25.4 Å². The molecule has 0 fully saturated rings. The van der Waals surface area contributed by atoms with Crippen molar-refractivity contribution in [1.29, 1.82) is 0 Å². The van der Waals surface area contributed by atoms with Gasteiger partial charge in [-0.3, -0.25) is 0 Å². The molecule has 1 aromatic rings. The topological polar surface area (TPSA) is 73.1 Å². The van der Waals surface area contributed by atoms with Crippen LogP contribution in [0.1, 0.15) is 12.0 Å². The van der Waals surface area contributed by atoms with Gasteiger partial charge in [0.2, 0.25) is 5.95 Å². The summed E-state index contributed by atoms with van der Waals surface area (Å²) in [6, 6.07) is 0.576. The molecule has 0 unspecified atom stereocenters. The van der Waals surface area contributed by atoms with E-state index in [0.717, 1.165) is 0 Å². The van der Waals surface area contributed by atoms with Crippen LogP contribution in [0.2, 0.25) is 0 Å². The minimum absolute atomic E-state index is 0.576. The van der Waals surface area contributed by atoms with Gasteiger partial charge in [0.25, 0.3) is 15.5 Å².